The van der Waals surface area contributed by atoms with Gasteiger partial charge in [0, 0.05) is 15.3 Å². The summed E-state index contributed by atoms with van der Waals surface area (Å²) in [6.07, 6.45) is 5.26. The first kappa shape index (κ1) is 13.9. The van der Waals surface area contributed by atoms with E-state index in [9.17, 15) is 0 Å². The van der Waals surface area contributed by atoms with Gasteiger partial charge in [0.05, 0.1) is 6.20 Å². The summed E-state index contributed by atoms with van der Waals surface area (Å²) in [5, 5.41) is 7.10. The zero-order valence-corrected chi connectivity index (χ0v) is 13.6. The van der Waals surface area contributed by atoms with Crippen molar-refractivity contribution in [3.8, 4) is 0 Å². The molecule has 0 bridgehead atoms. The number of halogens is 2. The van der Waals surface area contributed by atoms with Gasteiger partial charge in [0.25, 0.3) is 0 Å². The van der Waals surface area contributed by atoms with E-state index in [1.165, 1.54) is 22.8 Å². The van der Waals surface area contributed by atoms with E-state index in [0.29, 0.717) is 22.8 Å². The summed E-state index contributed by atoms with van der Waals surface area (Å²) in [6, 6.07) is 8.56. The maximum absolute atomic E-state index is 6.13. The number of anilines is 3. The van der Waals surface area contributed by atoms with Gasteiger partial charge in [-0.25, -0.2) is 4.98 Å². The Hall–Kier alpha value is -1.08. The number of hydrogen-bond acceptors (Lipinski definition) is 4. The van der Waals surface area contributed by atoms with E-state index in [2.05, 4.69) is 43.2 Å². The molecule has 1 aliphatic carbocycles. The first-order chi connectivity index (χ1) is 9.70. The largest absolute Gasteiger partial charge is 0.366 e. The molecule has 4 nitrogen and oxygen atoms in total. The zero-order chi connectivity index (χ0) is 13.9. The predicted octanol–water partition coefficient (Wildman–Crippen LogP) is 4.44. The number of nitrogens with one attached hydrogen (secondary N) is 2. The predicted molar refractivity (Wildman–Crippen MR) is 90.7 cm³/mol. The number of rotatable bonds is 4. The molecule has 2 N–H and O–H groups in total. The van der Waals surface area contributed by atoms with E-state index >= 15 is 0 Å². The monoisotopic (exact) mass is 400 g/mol. The smallest absolute Gasteiger partial charge is 0.229 e. The lowest BCUT2D eigenvalue weighted by Gasteiger charge is -2.27. The highest BCUT2D eigenvalue weighted by Gasteiger charge is 2.19. The third-order valence-electron chi connectivity index (χ3n) is 3.29. The Balaban J connectivity index is 1.75. The van der Waals surface area contributed by atoms with Crippen LogP contribution in [0.15, 0.2) is 30.5 Å². The Bertz CT molecular complexity index is 599. The number of hydrogen-bond donors (Lipinski definition) is 2. The molecule has 1 aromatic carbocycles. The molecule has 0 unspecified atom stereocenters. The molecule has 0 radical (unpaired) electrons. The van der Waals surface area contributed by atoms with Crippen molar-refractivity contribution < 1.29 is 0 Å². The summed E-state index contributed by atoms with van der Waals surface area (Å²) in [5.41, 5.74) is 0.960. The van der Waals surface area contributed by atoms with Crippen molar-refractivity contribution in [3.05, 3.63) is 39.1 Å². The molecule has 1 fully saturated rings. The highest BCUT2D eigenvalue weighted by atomic mass is 127. The minimum Gasteiger partial charge on any atom is -0.366 e. The van der Waals surface area contributed by atoms with Gasteiger partial charge < -0.3 is 10.6 Å². The molecular weight excluding hydrogens is 387 g/mol. The summed E-state index contributed by atoms with van der Waals surface area (Å²) in [4.78, 5) is 8.66. The van der Waals surface area contributed by atoms with E-state index in [0.717, 1.165) is 5.69 Å². The molecule has 0 amide bonds. The van der Waals surface area contributed by atoms with Crippen LogP contribution < -0.4 is 10.6 Å². The summed E-state index contributed by atoms with van der Waals surface area (Å²) in [7, 11) is 0. The molecule has 0 saturated heterocycles. The average molecular weight is 401 g/mol. The molecule has 1 aliphatic rings. The molecule has 6 heteroatoms. The van der Waals surface area contributed by atoms with Crippen molar-refractivity contribution in [3.63, 3.8) is 0 Å². The Morgan fingerprint density at radius 1 is 1.20 bits per heavy atom. The molecule has 104 valence electrons. The lowest BCUT2D eigenvalue weighted by atomic mass is 9.93. The van der Waals surface area contributed by atoms with Gasteiger partial charge in [-0.3, -0.25) is 0 Å². The van der Waals surface area contributed by atoms with Gasteiger partial charge in [0.2, 0.25) is 5.95 Å². The van der Waals surface area contributed by atoms with Crippen molar-refractivity contribution in [2.75, 3.05) is 10.6 Å². The summed E-state index contributed by atoms with van der Waals surface area (Å²) in [5.74, 6) is 1.26. The molecule has 1 heterocycles. The molecule has 1 saturated carbocycles. The second-order valence-corrected chi connectivity index (χ2v) is 6.45. The number of benzene rings is 1. The van der Waals surface area contributed by atoms with E-state index in [1.807, 2.05) is 24.3 Å². The fourth-order valence-electron chi connectivity index (χ4n) is 1.94. The number of aromatic nitrogens is 2. The maximum Gasteiger partial charge on any atom is 0.229 e. The first-order valence-electron chi connectivity index (χ1n) is 6.52. The molecule has 3 rings (SSSR count). The summed E-state index contributed by atoms with van der Waals surface area (Å²) >= 11 is 8.40. The van der Waals surface area contributed by atoms with Crippen molar-refractivity contribution >= 4 is 51.6 Å². The van der Waals surface area contributed by atoms with E-state index in [1.54, 1.807) is 6.20 Å². The minimum atomic E-state index is 0.494. The van der Waals surface area contributed by atoms with Crippen LogP contribution in [0.3, 0.4) is 0 Å². The third kappa shape index (κ3) is 3.32. The highest BCUT2D eigenvalue weighted by Crippen LogP contribution is 2.27. The molecule has 20 heavy (non-hydrogen) atoms. The summed E-state index contributed by atoms with van der Waals surface area (Å²) < 4.78 is 1.19. The Morgan fingerprint density at radius 3 is 2.60 bits per heavy atom. The SMILES string of the molecule is Clc1cnc(Nc2ccc(I)cc2)nc1NC1CCC1. The third-order valence-corrected chi connectivity index (χ3v) is 4.29. The second-order valence-electron chi connectivity index (χ2n) is 4.79. The molecule has 2 aromatic rings. The fourth-order valence-corrected chi connectivity index (χ4v) is 2.44. The fraction of sp³-hybridized carbons (Fsp3) is 0.286. The quantitative estimate of drug-likeness (QED) is 0.745. The van der Waals surface area contributed by atoms with Crippen LogP contribution in [0.2, 0.25) is 5.02 Å². The molecule has 0 atom stereocenters. The van der Waals surface area contributed by atoms with Crippen molar-refractivity contribution in [1.29, 1.82) is 0 Å². The van der Waals surface area contributed by atoms with Crippen LogP contribution in [0.5, 0.6) is 0 Å². The van der Waals surface area contributed by atoms with Gasteiger partial charge in [-0.1, -0.05) is 11.6 Å². The molecule has 0 spiro atoms. The van der Waals surface area contributed by atoms with E-state index in [-0.39, 0.29) is 0 Å². The van der Waals surface area contributed by atoms with Crippen molar-refractivity contribution in [1.82, 2.24) is 9.97 Å². The zero-order valence-electron chi connectivity index (χ0n) is 10.7. The second kappa shape index (κ2) is 6.13. The Morgan fingerprint density at radius 2 is 1.95 bits per heavy atom. The van der Waals surface area contributed by atoms with Crippen LogP contribution in [-0.2, 0) is 0 Å². The average Bonchev–Trinajstić information content (AvgIpc) is 2.40. The first-order valence-corrected chi connectivity index (χ1v) is 7.98. The van der Waals surface area contributed by atoms with Crippen LogP contribution in [-0.4, -0.2) is 16.0 Å². The normalized spacial score (nSPS) is 14.7. The van der Waals surface area contributed by atoms with Crippen LogP contribution in [0.4, 0.5) is 17.5 Å². The molecular formula is C14H14ClIN4. The van der Waals surface area contributed by atoms with Crippen LogP contribution >= 0.6 is 34.2 Å². The standard InChI is InChI=1S/C14H14ClIN4/c15-12-8-17-14(19-11-6-4-9(16)5-7-11)20-13(12)18-10-2-1-3-10/h4-8,10H,1-3H2,(H2,17,18,19,20). The molecule has 1 aromatic heterocycles. The van der Waals surface area contributed by atoms with E-state index in [4.69, 9.17) is 11.6 Å². The van der Waals surface area contributed by atoms with Crippen LogP contribution in [0.25, 0.3) is 0 Å². The van der Waals surface area contributed by atoms with Gasteiger partial charge in [0.1, 0.15) is 5.02 Å². The van der Waals surface area contributed by atoms with Gasteiger partial charge >= 0.3 is 0 Å². The number of nitrogens with zero attached hydrogens (tertiary/aromatic N) is 2. The summed E-state index contributed by atoms with van der Waals surface area (Å²) in [6.45, 7) is 0. The topological polar surface area (TPSA) is 49.8 Å². The Labute approximate surface area is 136 Å². The van der Waals surface area contributed by atoms with Gasteiger partial charge in [-0.2, -0.15) is 4.98 Å². The van der Waals surface area contributed by atoms with Gasteiger partial charge in [-0.05, 0) is 66.1 Å². The van der Waals surface area contributed by atoms with E-state index < -0.39 is 0 Å². The van der Waals surface area contributed by atoms with Crippen LogP contribution in [0.1, 0.15) is 19.3 Å². The minimum absolute atomic E-state index is 0.494. The lowest BCUT2D eigenvalue weighted by molar-refractivity contribution is 0.444. The Kier molecular flexibility index (Phi) is 4.26. The van der Waals surface area contributed by atoms with Crippen molar-refractivity contribution in [2.45, 2.75) is 25.3 Å². The van der Waals surface area contributed by atoms with Gasteiger partial charge in [-0.15, -0.1) is 0 Å². The van der Waals surface area contributed by atoms with Crippen molar-refractivity contribution in [2.24, 2.45) is 0 Å². The van der Waals surface area contributed by atoms with Crippen LogP contribution in [0, 0.1) is 3.57 Å². The maximum atomic E-state index is 6.13. The van der Waals surface area contributed by atoms with Gasteiger partial charge in [0.15, 0.2) is 5.82 Å². The molecule has 0 aliphatic heterocycles. The lowest BCUT2D eigenvalue weighted by Crippen LogP contribution is -2.27. The highest BCUT2D eigenvalue weighted by molar-refractivity contribution is 14.1.